The Labute approximate surface area is 130 Å². The van der Waals surface area contributed by atoms with Crippen LogP contribution in [0.1, 0.15) is 76.7 Å². The van der Waals surface area contributed by atoms with Crippen LogP contribution in [0.2, 0.25) is 0 Å². The molecule has 0 radical (unpaired) electrons. The van der Waals surface area contributed by atoms with Gasteiger partial charge in [0.15, 0.2) is 0 Å². The lowest BCUT2D eigenvalue weighted by Crippen LogP contribution is -1.97. The van der Waals surface area contributed by atoms with Gasteiger partial charge in [0.2, 0.25) is 0 Å². The van der Waals surface area contributed by atoms with Crippen molar-refractivity contribution in [3.05, 3.63) is 29.8 Å². The average molecular weight is 287 g/mol. The second-order valence-corrected chi connectivity index (χ2v) is 5.67. The van der Waals surface area contributed by atoms with E-state index in [1.165, 1.54) is 57.8 Å². The second-order valence-electron chi connectivity index (χ2n) is 5.67. The van der Waals surface area contributed by atoms with Gasteiger partial charge in [-0.15, -0.1) is 0 Å². The molecular weight excluding hydrogens is 258 g/mol. The van der Waals surface area contributed by atoms with E-state index < -0.39 is 0 Å². The van der Waals surface area contributed by atoms with Gasteiger partial charge >= 0.3 is 0 Å². The molecule has 1 rings (SSSR count). The summed E-state index contributed by atoms with van der Waals surface area (Å²) >= 11 is 0. The van der Waals surface area contributed by atoms with Crippen LogP contribution in [0.25, 0.3) is 0 Å². The van der Waals surface area contributed by atoms with E-state index in [1.807, 2.05) is 12.1 Å². The zero-order chi connectivity index (χ0) is 15.2. The van der Waals surface area contributed by atoms with Gasteiger partial charge in [0, 0.05) is 0 Å². The van der Waals surface area contributed by atoms with E-state index in [1.54, 1.807) is 12.1 Å². The van der Waals surface area contributed by atoms with Gasteiger partial charge in [0.1, 0.15) is 5.75 Å². The molecule has 0 spiro atoms. The van der Waals surface area contributed by atoms with Crippen molar-refractivity contribution in [2.45, 2.75) is 71.1 Å². The molecule has 0 aliphatic heterocycles. The van der Waals surface area contributed by atoms with Crippen LogP contribution in [0.5, 0.6) is 5.75 Å². The fourth-order valence-electron chi connectivity index (χ4n) is 2.41. The predicted molar refractivity (Wildman–Crippen MR) is 88.5 cm³/mol. The first-order valence-electron chi connectivity index (χ1n) is 8.49. The molecular formula is C19H29NO. The van der Waals surface area contributed by atoms with E-state index in [9.17, 15) is 0 Å². The molecule has 0 aliphatic rings. The third-order valence-electron chi connectivity index (χ3n) is 3.75. The standard InChI is InChI=1S/C19H29NO/c1-2-3-4-5-6-7-8-9-10-11-16-21-19-14-12-18(17-20)13-15-19/h12-15H,2-11,16H2,1H3. The van der Waals surface area contributed by atoms with Crippen molar-refractivity contribution in [3.8, 4) is 11.8 Å². The highest BCUT2D eigenvalue weighted by Gasteiger charge is 1.96. The summed E-state index contributed by atoms with van der Waals surface area (Å²) in [6.07, 6.45) is 13.4. The van der Waals surface area contributed by atoms with Crippen molar-refractivity contribution in [2.24, 2.45) is 0 Å². The van der Waals surface area contributed by atoms with Gasteiger partial charge in [-0.05, 0) is 30.7 Å². The molecule has 21 heavy (non-hydrogen) atoms. The third kappa shape index (κ3) is 9.13. The molecule has 0 atom stereocenters. The Morgan fingerprint density at radius 1 is 0.810 bits per heavy atom. The van der Waals surface area contributed by atoms with Crippen LogP contribution in [-0.4, -0.2) is 6.61 Å². The molecule has 0 heterocycles. The Bertz CT molecular complexity index is 391. The molecule has 0 unspecified atom stereocenters. The Balaban J connectivity index is 1.89. The van der Waals surface area contributed by atoms with Crippen molar-refractivity contribution in [1.82, 2.24) is 0 Å². The van der Waals surface area contributed by atoms with Crippen LogP contribution in [0.3, 0.4) is 0 Å². The molecule has 0 saturated heterocycles. The van der Waals surface area contributed by atoms with Gasteiger partial charge in [-0.3, -0.25) is 0 Å². The predicted octanol–water partition coefficient (Wildman–Crippen LogP) is 5.86. The maximum Gasteiger partial charge on any atom is 0.119 e. The summed E-state index contributed by atoms with van der Waals surface area (Å²) in [5.41, 5.74) is 0.682. The number of unbranched alkanes of at least 4 members (excludes halogenated alkanes) is 9. The summed E-state index contributed by atoms with van der Waals surface area (Å²) in [6, 6.07) is 9.45. The maximum atomic E-state index is 8.71. The normalized spacial score (nSPS) is 10.3. The number of rotatable bonds is 12. The van der Waals surface area contributed by atoms with Crippen LogP contribution in [0, 0.1) is 11.3 Å². The van der Waals surface area contributed by atoms with Crippen LogP contribution in [0.4, 0.5) is 0 Å². The molecule has 116 valence electrons. The fourth-order valence-corrected chi connectivity index (χ4v) is 2.41. The summed E-state index contributed by atoms with van der Waals surface area (Å²) in [5, 5.41) is 8.71. The summed E-state index contributed by atoms with van der Waals surface area (Å²) in [4.78, 5) is 0. The molecule has 0 fully saturated rings. The largest absolute Gasteiger partial charge is 0.494 e. The van der Waals surface area contributed by atoms with Crippen LogP contribution in [0.15, 0.2) is 24.3 Å². The fraction of sp³-hybridized carbons (Fsp3) is 0.632. The zero-order valence-corrected chi connectivity index (χ0v) is 13.4. The van der Waals surface area contributed by atoms with E-state index in [0.29, 0.717) is 5.56 Å². The van der Waals surface area contributed by atoms with E-state index in [4.69, 9.17) is 10.00 Å². The SMILES string of the molecule is CCCCCCCCCCCCOc1ccc(C#N)cc1. The number of nitrogens with zero attached hydrogens (tertiary/aromatic N) is 1. The van der Waals surface area contributed by atoms with Crippen LogP contribution < -0.4 is 4.74 Å². The summed E-state index contributed by atoms with van der Waals surface area (Å²) < 4.78 is 5.67. The lowest BCUT2D eigenvalue weighted by atomic mass is 10.1. The molecule has 2 nitrogen and oxygen atoms in total. The molecule has 1 aromatic carbocycles. The van der Waals surface area contributed by atoms with E-state index in [2.05, 4.69) is 13.0 Å². The Hall–Kier alpha value is -1.49. The first kappa shape index (κ1) is 17.6. The van der Waals surface area contributed by atoms with Gasteiger partial charge in [-0.2, -0.15) is 5.26 Å². The van der Waals surface area contributed by atoms with E-state index in [-0.39, 0.29) is 0 Å². The van der Waals surface area contributed by atoms with Crippen molar-refractivity contribution >= 4 is 0 Å². The number of hydrogen-bond acceptors (Lipinski definition) is 2. The lowest BCUT2D eigenvalue weighted by molar-refractivity contribution is 0.304. The second kappa shape index (κ2) is 12.3. The highest BCUT2D eigenvalue weighted by Crippen LogP contribution is 2.13. The zero-order valence-electron chi connectivity index (χ0n) is 13.4. The smallest absolute Gasteiger partial charge is 0.119 e. The minimum absolute atomic E-state index is 0.682. The minimum atomic E-state index is 0.682. The minimum Gasteiger partial charge on any atom is -0.494 e. The van der Waals surface area contributed by atoms with Crippen molar-refractivity contribution in [3.63, 3.8) is 0 Å². The molecule has 0 bridgehead atoms. The maximum absolute atomic E-state index is 8.71. The first-order chi connectivity index (χ1) is 10.4. The number of hydrogen-bond donors (Lipinski definition) is 0. The van der Waals surface area contributed by atoms with Gasteiger partial charge in [0.05, 0.1) is 18.2 Å². The highest BCUT2D eigenvalue weighted by atomic mass is 16.5. The van der Waals surface area contributed by atoms with Crippen molar-refractivity contribution < 1.29 is 4.74 Å². The monoisotopic (exact) mass is 287 g/mol. The Kier molecular flexibility index (Phi) is 10.3. The molecule has 1 aromatic rings. The number of benzene rings is 1. The lowest BCUT2D eigenvalue weighted by Gasteiger charge is -2.06. The summed E-state index contributed by atoms with van der Waals surface area (Å²) in [6.45, 7) is 3.04. The average Bonchev–Trinajstić information content (AvgIpc) is 2.53. The van der Waals surface area contributed by atoms with Crippen molar-refractivity contribution in [2.75, 3.05) is 6.61 Å². The van der Waals surface area contributed by atoms with Gasteiger partial charge in [0.25, 0.3) is 0 Å². The molecule has 0 aromatic heterocycles. The summed E-state index contributed by atoms with van der Waals surface area (Å²) in [7, 11) is 0. The van der Waals surface area contributed by atoms with E-state index >= 15 is 0 Å². The van der Waals surface area contributed by atoms with Gasteiger partial charge in [-0.25, -0.2) is 0 Å². The van der Waals surface area contributed by atoms with Crippen molar-refractivity contribution in [1.29, 1.82) is 5.26 Å². The van der Waals surface area contributed by atoms with Gasteiger partial charge < -0.3 is 4.74 Å². The third-order valence-corrected chi connectivity index (χ3v) is 3.75. The molecule has 0 amide bonds. The highest BCUT2D eigenvalue weighted by molar-refractivity contribution is 5.34. The van der Waals surface area contributed by atoms with Gasteiger partial charge in [-0.1, -0.05) is 64.7 Å². The van der Waals surface area contributed by atoms with Crippen LogP contribution in [-0.2, 0) is 0 Å². The first-order valence-corrected chi connectivity index (χ1v) is 8.49. The van der Waals surface area contributed by atoms with E-state index in [0.717, 1.165) is 18.8 Å². The van der Waals surface area contributed by atoms with Crippen LogP contribution >= 0.6 is 0 Å². The molecule has 2 heteroatoms. The Morgan fingerprint density at radius 2 is 1.33 bits per heavy atom. The quantitative estimate of drug-likeness (QED) is 0.451. The molecule has 0 N–H and O–H groups in total. The molecule has 0 saturated carbocycles. The molecule has 0 aliphatic carbocycles. The number of ether oxygens (including phenoxy) is 1. The summed E-state index contributed by atoms with van der Waals surface area (Å²) in [5.74, 6) is 0.866. The topological polar surface area (TPSA) is 33.0 Å². The number of nitriles is 1. The Morgan fingerprint density at radius 3 is 1.86 bits per heavy atom.